The molecule has 0 radical (unpaired) electrons. The first-order chi connectivity index (χ1) is 16.7. The van der Waals surface area contributed by atoms with Gasteiger partial charge in [0.1, 0.15) is 0 Å². The number of allylic oxidation sites excluding steroid dienone is 10. The van der Waals surface area contributed by atoms with Gasteiger partial charge in [-0.15, -0.1) is 0 Å². The first-order valence-corrected chi connectivity index (χ1v) is 12.0. The van der Waals surface area contributed by atoms with E-state index in [-0.39, 0.29) is 5.91 Å². The molecule has 34 heavy (non-hydrogen) atoms. The largest absolute Gasteiger partial charge is 0.493 e. The smallest absolute Gasteiger partial charge is 0.224 e. The molecule has 5 heteroatoms. The van der Waals surface area contributed by atoms with E-state index in [1.165, 1.54) is 0 Å². The fourth-order valence-corrected chi connectivity index (χ4v) is 3.13. The number of methoxy groups -OCH3 is 3. The lowest BCUT2D eigenvalue weighted by atomic mass is 10.2. The molecule has 0 heterocycles. The van der Waals surface area contributed by atoms with Crippen molar-refractivity contribution < 1.29 is 19.0 Å². The molecule has 0 aliphatic rings. The second-order valence-corrected chi connectivity index (χ2v) is 7.56. The van der Waals surface area contributed by atoms with Crippen molar-refractivity contribution in [1.29, 1.82) is 0 Å². The quantitative estimate of drug-likeness (QED) is 0.190. The van der Waals surface area contributed by atoms with Gasteiger partial charge in [-0.2, -0.15) is 0 Å². The van der Waals surface area contributed by atoms with Gasteiger partial charge in [0.15, 0.2) is 11.5 Å². The fraction of sp³-hybridized carbons (Fsp3) is 0.414. The van der Waals surface area contributed by atoms with Crippen molar-refractivity contribution in [2.45, 2.75) is 58.3 Å². The first-order valence-electron chi connectivity index (χ1n) is 12.0. The number of anilines is 1. The number of benzene rings is 1. The van der Waals surface area contributed by atoms with Gasteiger partial charge in [-0.3, -0.25) is 4.79 Å². The third-order valence-electron chi connectivity index (χ3n) is 4.88. The minimum absolute atomic E-state index is 0.0402. The molecule has 0 saturated heterocycles. The van der Waals surface area contributed by atoms with Gasteiger partial charge in [-0.05, 0) is 44.9 Å². The van der Waals surface area contributed by atoms with Crippen LogP contribution in [0.25, 0.3) is 0 Å². The van der Waals surface area contributed by atoms with Crippen LogP contribution in [0.3, 0.4) is 0 Å². The lowest BCUT2D eigenvalue weighted by Crippen LogP contribution is -2.11. The highest BCUT2D eigenvalue weighted by Gasteiger charge is 2.14. The number of hydrogen-bond acceptors (Lipinski definition) is 4. The molecule has 0 bridgehead atoms. The SMILES string of the molecule is CC/C=C\C/C=C\C/C=C\C/C=C\C/C=C\CCCC(=O)Nc1cc(OC)c(OC)c(OC)c1. The summed E-state index contributed by atoms with van der Waals surface area (Å²) in [5.74, 6) is 1.48. The van der Waals surface area contributed by atoms with Crippen molar-refractivity contribution in [2.75, 3.05) is 26.6 Å². The van der Waals surface area contributed by atoms with Crippen LogP contribution in [0, 0.1) is 0 Å². The van der Waals surface area contributed by atoms with Crippen molar-refractivity contribution in [3.8, 4) is 17.2 Å². The summed E-state index contributed by atoms with van der Waals surface area (Å²) in [5, 5.41) is 2.89. The van der Waals surface area contributed by atoms with E-state index in [1.54, 1.807) is 33.5 Å². The van der Waals surface area contributed by atoms with Crippen molar-refractivity contribution in [3.63, 3.8) is 0 Å². The molecule has 1 aromatic carbocycles. The summed E-state index contributed by atoms with van der Waals surface area (Å²) in [7, 11) is 4.65. The number of hydrogen-bond donors (Lipinski definition) is 1. The van der Waals surface area contributed by atoms with E-state index in [4.69, 9.17) is 14.2 Å². The van der Waals surface area contributed by atoms with Crippen LogP contribution in [-0.4, -0.2) is 27.2 Å². The van der Waals surface area contributed by atoms with Crippen LogP contribution in [0.1, 0.15) is 58.3 Å². The molecule has 0 aromatic heterocycles. The van der Waals surface area contributed by atoms with Gasteiger partial charge < -0.3 is 19.5 Å². The predicted molar refractivity (Wildman–Crippen MR) is 143 cm³/mol. The number of carbonyl (C=O) groups is 1. The average Bonchev–Trinajstić information content (AvgIpc) is 2.85. The topological polar surface area (TPSA) is 56.8 Å². The maximum Gasteiger partial charge on any atom is 0.224 e. The van der Waals surface area contributed by atoms with E-state index in [1.807, 2.05) is 0 Å². The Balaban J connectivity index is 2.21. The maximum atomic E-state index is 12.3. The molecule has 1 N–H and O–H groups in total. The number of carbonyl (C=O) groups excluding carboxylic acids is 1. The second-order valence-electron chi connectivity index (χ2n) is 7.56. The average molecular weight is 468 g/mol. The lowest BCUT2D eigenvalue weighted by molar-refractivity contribution is -0.116. The van der Waals surface area contributed by atoms with Crippen LogP contribution in [0.2, 0.25) is 0 Å². The van der Waals surface area contributed by atoms with Crippen molar-refractivity contribution in [2.24, 2.45) is 0 Å². The Labute approximate surface area is 205 Å². The van der Waals surface area contributed by atoms with Crippen molar-refractivity contribution in [1.82, 2.24) is 0 Å². The van der Waals surface area contributed by atoms with Gasteiger partial charge in [0.2, 0.25) is 11.7 Å². The first kappa shape index (κ1) is 28.8. The monoisotopic (exact) mass is 467 g/mol. The van der Waals surface area contributed by atoms with Gasteiger partial charge in [-0.1, -0.05) is 67.7 Å². The van der Waals surface area contributed by atoms with Crippen LogP contribution in [0.15, 0.2) is 72.9 Å². The van der Waals surface area contributed by atoms with Crippen molar-refractivity contribution >= 4 is 11.6 Å². The number of rotatable bonds is 17. The summed E-state index contributed by atoms with van der Waals surface area (Å²) in [6, 6.07) is 3.45. The number of ether oxygens (including phenoxy) is 3. The second kappa shape index (κ2) is 19.3. The Morgan fingerprint density at radius 1 is 0.735 bits per heavy atom. The number of nitrogens with one attached hydrogen (secondary N) is 1. The van der Waals surface area contributed by atoms with Crippen LogP contribution < -0.4 is 19.5 Å². The zero-order valence-electron chi connectivity index (χ0n) is 21.2. The molecule has 0 spiro atoms. The Kier molecular flexibility index (Phi) is 16.3. The molecular formula is C29H41NO4. The van der Waals surface area contributed by atoms with E-state index in [9.17, 15) is 4.79 Å². The zero-order chi connectivity index (χ0) is 24.9. The third kappa shape index (κ3) is 12.7. The molecule has 0 atom stereocenters. The molecule has 0 aliphatic heterocycles. The van der Waals surface area contributed by atoms with Crippen LogP contribution in [-0.2, 0) is 4.79 Å². The normalized spacial score (nSPS) is 12.0. The molecule has 1 aromatic rings. The summed E-state index contributed by atoms with van der Waals surface area (Å²) in [5.41, 5.74) is 0.620. The Morgan fingerprint density at radius 3 is 1.65 bits per heavy atom. The summed E-state index contributed by atoms with van der Waals surface area (Å²) in [6.07, 6.45) is 28.9. The molecule has 186 valence electrons. The van der Waals surface area contributed by atoms with Crippen molar-refractivity contribution in [3.05, 3.63) is 72.9 Å². The summed E-state index contributed by atoms with van der Waals surface area (Å²) in [6.45, 7) is 2.15. The highest BCUT2D eigenvalue weighted by molar-refractivity contribution is 5.91. The van der Waals surface area contributed by atoms with Gasteiger partial charge in [0.05, 0.1) is 21.3 Å². The highest BCUT2D eigenvalue weighted by atomic mass is 16.5. The molecule has 0 unspecified atom stereocenters. The minimum Gasteiger partial charge on any atom is -0.493 e. The predicted octanol–water partition coefficient (Wildman–Crippen LogP) is 7.57. The van der Waals surface area contributed by atoms with Gasteiger partial charge in [0.25, 0.3) is 0 Å². The van der Waals surface area contributed by atoms with E-state index in [0.717, 1.165) is 44.9 Å². The molecule has 0 saturated carbocycles. The molecule has 0 fully saturated rings. The highest BCUT2D eigenvalue weighted by Crippen LogP contribution is 2.39. The van der Waals surface area contributed by atoms with E-state index >= 15 is 0 Å². The third-order valence-corrected chi connectivity index (χ3v) is 4.88. The Morgan fingerprint density at radius 2 is 1.21 bits per heavy atom. The molecule has 1 rings (SSSR count). The van der Waals surface area contributed by atoms with E-state index in [2.05, 4.69) is 73.0 Å². The zero-order valence-corrected chi connectivity index (χ0v) is 21.2. The molecule has 5 nitrogen and oxygen atoms in total. The Hall–Kier alpha value is -3.21. The fourth-order valence-electron chi connectivity index (χ4n) is 3.13. The van der Waals surface area contributed by atoms with Crippen LogP contribution in [0.5, 0.6) is 17.2 Å². The number of amides is 1. The summed E-state index contributed by atoms with van der Waals surface area (Å²) >= 11 is 0. The van der Waals surface area contributed by atoms with E-state index < -0.39 is 0 Å². The van der Waals surface area contributed by atoms with E-state index in [0.29, 0.717) is 29.4 Å². The minimum atomic E-state index is -0.0402. The van der Waals surface area contributed by atoms with Crippen LogP contribution in [0.4, 0.5) is 5.69 Å². The molecule has 1 amide bonds. The van der Waals surface area contributed by atoms with Gasteiger partial charge in [0, 0.05) is 24.2 Å². The summed E-state index contributed by atoms with van der Waals surface area (Å²) in [4.78, 5) is 12.3. The standard InChI is InChI=1S/C29H41NO4/c1-5-6-7-8-9-10-11-12-13-14-15-16-17-18-19-20-21-22-28(31)30-25-23-26(32-2)29(34-4)27(24-25)33-3/h6-7,9-10,12-13,15-16,18-19,23-24H,5,8,11,14,17,20-22H2,1-4H3,(H,30,31)/b7-6-,10-9-,13-12-,16-15-,19-18-. The lowest BCUT2D eigenvalue weighted by Gasteiger charge is -2.14. The van der Waals surface area contributed by atoms with Crippen LogP contribution >= 0.6 is 0 Å². The van der Waals surface area contributed by atoms with Gasteiger partial charge >= 0.3 is 0 Å². The maximum absolute atomic E-state index is 12.3. The number of unbranched alkanes of at least 4 members (excludes halogenated alkanes) is 1. The Bertz CT molecular complexity index is 825. The molecular weight excluding hydrogens is 426 g/mol. The molecule has 0 aliphatic carbocycles. The summed E-state index contributed by atoms with van der Waals surface area (Å²) < 4.78 is 15.9. The van der Waals surface area contributed by atoms with Gasteiger partial charge in [-0.25, -0.2) is 0 Å².